The van der Waals surface area contributed by atoms with Gasteiger partial charge in [0.15, 0.2) is 0 Å². The molecule has 0 saturated carbocycles. The summed E-state index contributed by atoms with van der Waals surface area (Å²) in [6.07, 6.45) is 2.02. The molecule has 0 fully saturated rings. The highest BCUT2D eigenvalue weighted by Gasteiger charge is 2.31. The molecule has 30 heavy (non-hydrogen) atoms. The molecular weight excluding hydrogens is 376 g/mol. The first-order chi connectivity index (χ1) is 14.5. The molecule has 1 N–H and O–H groups in total. The Morgan fingerprint density at radius 3 is 2.10 bits per heavy atom. The van der Waals surface area contributed by atoms with E-state index in [0.717, 1.165) is 11.1 Å². The first-order valence-corrected chi connectivity index (χ1v) is 10.2. The fraction of sp³-hybridized carbons (Fsp3) is 0.280. The van der Waals surface area contributed by atoms with E-state index in [-0.39, 0.29) is 24.3 Å². The van der Waals surface area contributed by atoms with Crippen LogP contribution in [0, 0.1) is 5.92 Å². The van der Waals surface area contributed by atoms with Crippen molar-refractivity contribution >= 4 is 11.8 Å². The zero-order valence-corrected chi connectivity index (χ0v) is 17.5. The molecule has 3 aromatic rings. The summed E-state index contributed by atoms with van der Waals surface area (Å²) in [5.41, 5.74) is 1.99. The minimum atomic E-state index is -0.627. The molecule has 0 aliphatic rings. The lowest BCUT2D eigenvalue weighted by Gasteiger charge is -2.32. The number of carbonyl (C=O) groups excluding carboxylic acids is 2. The lowest BCUT2D eigenvalue weighted by atomic mass is 10.0. The predicted octanol–water partition coefficient (Wildman–Crippen LogP) is 4.19. The second kappa shape index (κ2) is 10.4. The van der Waals surface area contributed by atoms with Gasteiger partial charge in [0.2, 0.25) is 11.8 Å². The maximum absolute atomic E-state index is 13.3. The summed E-state index contributed by atoms with van der Waals surface area (Å²) in [6, 6.07) is 22.5. The number of hydrogen-bond donors (Lipinski definition) is 1. The highest BCUT2D eigenvalue weighted by Crippen LogP contribution is 2.17. The molecule has 5 nitrogen and oxygen atoms in total. The molecule has 0 bridgehead atoms. The molecule has 0 saturated heterocycles. The maximum Gasteiger partial charge on any atom is 0.243 e. The van der Waals surface area contributed by atoms with Gasteiger partial charge in [-0.05, 0) is 23.3 Å². The number of hydrogen-bond acceptors (Lipinski definition) is 3. The third-order valence-corrected chi connectivity index (χ3v) is 4.94. The third kappa shape index (κ3) is 5.83. The van der Waals surface area contributed by atoms with Gasteiger partial charge in [0, 0.05) is 18.9 Å². The van der Waals surface area contributed by atoms with Crippen LogP contribution in [0.15, 0.2) is 83.5 Å². The second-order valence-electron chi connectivity index (χ2n) is 7.61. The summed E-state index contributed by atoms with van der Waals surface area (Å²) < 4.78 is 5.33. The number of benzene rings is 2. The summed E-state index contributed by atoms with van der Waals surface area (Å²) in [5, 5.41) is 2.94. The summed E-state index contributed by atoms with van der Waals surface area (Å²) in [7, 11) is 0. The van der Waals surface area contributed by atoms with Gasteiger partial charge in [-0.2, -0.15) is 0 Å². The third-order valence-electron chi connectivity index (χ3n) is 4.94. The van der Waals surface area contributed by atoms with E-state index in [1.807, 2.05) is 80.6 Å². The molecule has 0 aliphatic carbocycles. The van der Waals surface area contributed by atoms with E-state index in [0.29, 0.717) is 18.7 Å². The summed E-state index contributed by atoms with van der Waals surface area (Å²) in [6.45, 7) is 4.39. The lowest BCUT2D eigenvalue weighted by Crippen LogP contribution is -2.51. The van der Waals surface area contributed by atoms with E-state index in [1.165, 1.54) is 0 Å². The highest BCUT2D eigenvalue weighted by molar-refractivity contribution is 5.88. The van der Waals surface area contributed by atoms with E-state index in [9.17, 15) is 9.59 Å². The molecule has 0 radical (unpaired) electrons. The van der Waals surface area contributed by atoms with Gasteiger partial charge in [-0.1, -0.05) is 74.5 Å². The lowest BCUT2D eigenvalue weighted by molar-refractivity contribution is -0.143. The molecule has 0 spiro atoms. The Hall–Kier alpha value is -3.34. The number of carbonyl (C=O) groups is 2. The second-order valence-corrected chi connectivity index (χ2v) is 7.61. The zero-order valence-electron chi connectivity index (χ0n) is 17.5. The van der Waals surface area contributed by atoms with Gasteiger partial charge in [0.05, 0.1) is 12.8 Å². The van der Waals surface area contributed by atoms with Gasteiger partial charge < -0.3 is 14.6 Å². The Morgan fingerprint density at radius 1 is 0.900 bits per heavy atom. The van der Waals surface area contributed by atoms with Crippen LogP contribution in [-0.2, 0) is 29.1 Å². The summed E-state index contributed by atoms with van der Waals surface area (Å²) >= 11 is 0. The smallest absolute Gasteiger partial charge is 0.243 e. The minimum Gasteiger partial charge on any atom is -0.467 e. The fourth-order valence-electron chi connectivity index (χ4n) is 3.34. The first kappa shape index (κ1) is 21.4. The van der Waals surface area contributed by atoms with Gasteiger partial charge in [-0.3, -0.25) is 9.59 Å². The SMILES string of the molecule is CC(C)C(=O)N(Cc1ccccc1)[C@H](Cc1ccccc1)C(=O)NCc1ccco1. The number of nitrogens with one attached hydrogen (secondary N) is 1. The topological polar surface area (TPSA) is 62.6 Å². The highest BCUT2D eigenvalue weighted by atomic mass is 16.3. The van der Waals surface area contributed by atoms with Gasteiger partial charge in [-0.15, -0.1) is 0 Å². The number of nitrogens with zero attached hydrogens (tertiary/aromatic N) is 1. The van der Waals surface area contributed by atoms with Crippen molar-refractivity contribution in [3.05, 3.63) is 95.9 Å². The van der Waals surface area contributed by atoms with E-state index in [2.05, 4.69) is 5.32 Å². The predicted molar refractivity (Wildman–Crippen MR) is 116 cm³/mol. The molecule has 5 heteroatoms. The molecule has 3 rings (SSSR count). The Kier molecular flexibility index (Phi) is 7.44. The van der Waals surface area contributed by atoms with E-state index in [4.69, 9.17) is 4.42 Å². The molecule has 1 atom stereocenters. The van der Waals surface area contributed by atoms with Crippen LogP contribution in [0.4, 0.5) is 0 Å². The summed E-state index contributed by atoms with van der Waals surface area (Å²) in [4.78, 5) is 28.1. The van der Waals surface area contributed by atoms with Crippen LogP contribution in [0.3, 0.4) is 0 Å². The van der Waals surface area contributed by atoms with Gasteiger partial charge in [-0.25, -0.2) is 0 Å². The van der Waals surface area contributed by atoms with Crippen LogP contribution in [0.25, 0.3) is 0 Å². The standard InChI is InChI=1S/C25H28N2O3/c1-19(2)25(29)27(18-21-12-7-4-8-13-21)23(16-20-10-5-3-6-11-20)24(28)26-17-22-14-9-15-30-22/h3-15,19,23H,16-18H2,1-2H3,(H,26,28)/t23-/m1/s1. The molecule has 1 aromatic heterocycles. The monoisotopic (exact) mass is 404 g/mol. The van der Waals surface area contributed by atoms with Gasteiger partial charge in [0.1, 0.15) is 11.8 Å². The van der Waals surface area contributed by atoms with Crippen molar-refractivity contribution in [1.29, 1.82) is 0 Å². The van der Waals surface area contributed by atoms with Crippen molar-refractivity contribution in [3.63, 3.8) is 0 Å². The molecular formula is C25H28N2O3. The number of amides is 2. The molecule has 2 amide bonds. The Bertz CT molecular complexity index is 922. The molecule has 156 valence electrons. The normalized spacial score (nSPS) is 11.8. The van der Waals surface area contributed by atoms with E-state index in [1.54, 1.807) is 17.2 Å². The van der Waals surface area contributed by atoms with Crippen molar-refractivity contribution in [2.24, 2.45) is 5.92 Å². The van der Waals surface area contributed by atoms with E-state index >= 15 is 0 Å². The average molecular weight is 405 g/mol. The minimum absolute atomic E-state index is 0.0482. The Morgan fingerprint density at radius 2 is 1.53 bits per heavy atom. The Labute approximate surface area is 177 Å². The molecule has 2 aromatic carbocycles. The zero-order chi connectivity index (χ0) is 21.3. The molecule has 0 aliphatic heterocycles. The van der Waals surface area contributed by atoms with Gasteiger partial charge in [0.25, 0.3) is 0 Å². The number of furan rings is 1. The first-order valence-electron chi connectivity index (χ1n) is 10.2. The van der Waals surface area contributed by atoms with Crippen molar-refractivity contribution in [2.45, 2.75) is 39.4 Å². The van der Waals surface area contributed by atoms with Crippen molar-refractivity contribution < 1.29 is 14.0 Å². The van der Waals surface area contributed by atoms with Crippen LogP contribution in [0.1, 0.15) is 30.7 Å². The quantitative estimate of drug-likeness (QED) is 0.582. The average Bonchev–Trinajstić information content (AvgIpc) is 3.29. The van der Waals surface area contributed by atoms with Gasteiger partial charge >= 0.3 is 0 Å². The summed E-state index contributed by atoms with van der Waals surface area (Å²) in [5.74, 6) is 0.213. The van der Waals surface area contributed by atoms with Crippen molar-refractivity contribution in [2.75, 3.05) is 0 Å². The Balaban J connectivity index is 1.88. The fourth-order valence-corrected chi connectivity index (χ4v) is 3.34. The maximum atomic E-state index is 13.3. The number of rotatable bonds is 9. The van der Waals surface area contributed by atoms with Crippen molar-refractivity contribution in [3.8, 4) is 0 Å². The van der Waals surface area contributed by atoms with E-state index < -0.39 is 6.04 Å². The van der Waals surface area contributed by atoms with Crippen molar-refractivity contribution in [1.82, 2.24) is 10.2 Å². The largest absolute Gasteiger partial charge is 0.467 e. The van der Waals surface area contributed by atoms with Crippen LogP contribution in [0.5, 0.6) is 0 Å². The van der Waals surface area contributed by atoms with Crippen LogP contribution >= 0.6 is 0 Å². The molecule has 0 unspecified atom stereocenters. The van der Waals surface area contributed by atoms with Crippen LogP contribution in [-0.4, -0.2) is 22.8 Å². The van der Waals surface area contributed by atoms with Crippen LogP contribution < -0.4 is 5.32 Å². The van der Waals surface area contributed by atoms with Crippen LogP contribution in [0.2, 0.25) is 0 Å². The molecule has 1 heterocycles.